The second-order valence-electron chi connectivity index (χ2n) is 5.00. The number of H-pyrrole nitrogens is 1. The Morgan fingerprint density at radius 3 is 2.58 bits per heavy atom. The Hall–Kier alpha value is -2.31. The number of carbonyl (C=O) groups is 3. The molecule has 0 aliphatic carbocycles. The molecule has 0 saturated heterocycles. The van der Waals surface area contributed by atoms with Gasteiger partial charge < -0.3 is 15.0 Å². The van der Waals surface area contributed by atoms with Crippen LogP contribution in [0.15, 0.2) is 30.5 Å². The lowest BCUT2D eigenvalue weighted by molar-refractivity contribution is -0.123. The summed E-state index contributed by atoms with van der Waals surface area (Å²) in [7, 11) is 0. The summed E-state index contributed by atoms with van der Waals surface area (Å²) < 4.78 is 5.06. The minimum absolute atomic E-state index is 0.0839. The van der Waals surface area contributed by atoms with Crippen molar-refractivity contribution < 1.29 is 19.1 Å². The van der Waals surface area contributed by atoms with Gasteiger partial charge in [0.25, 0.3) is 5.91 Å². The Kier molecular flexibility index (Phi) is 5.64. The zero-order valence-corrected chi connectivity index (χ0v) is 14.4. The molecule has 0 bridgehead atoms. The Bertz CT molecular complexity index is 801. The van der Waals surface area contributed by atoms with E-state index in [2.05, 4.69) is 10.3 Å². The van der Waals surface area contributed by atoms with Crippen LogP contribution in [0.2, 0.25) is 10.0 Å². The van der Waals surface area contributed by atoms with Crippen molar-refractivity contribution in [2.75, 3.05) is 5.32 Å². The molecule has 0 saturated carbocycles. The van der Waals surface area contributed by atoms with E-state index in [0.29, 0.717) is 16.3 Å². The summed E-state index contributed by atoms with van der Waals surface area (Å²) in [6, 6.07) is 6.15. The summed E-state index contributed by atoms with van der Waals surface area (Å²) in [5, 5.41) is 3.02. The average molecular weight is 369 g/mol. The Labute approximate surface area is 148 Å². The van der Waals surface area contributed by atoms with Crippen LogP contribution in [0.1, 0.15) is 34.7 Å². The highest BCUT2D eigenvalue weighted by Gasteiger charge is 2.21. The normalized spacial score (nSPS) is 11.7. The molecule has 1 atom stereocenters. The highest BCUT2D eigenvalue weighted by Crippen LogP contribution is 2.29. The van der Waals surface area contributed by atoms with Gasteiger partial charge in [0.05, 0.1) is 15.7 Å². The number of esters is 1. The summed E-state index contributed by atoms with van der Waals surface area (Å²) in [4.78, 5) is 37.9. The first kappa shape index (κ1) is 18.0. The van der Waals surface area contributed by atoms with E-state index >= 15 is 0 Å². The number of nitrogens with one attached hydrogen (secondary N) is 2. The topological polar surface area (TPSA) is 88.3 Å². The maximum Gasteiger partial charge on any atom is 0.355 e. The first-order valence-electron chi connectivity index (χ1n) is 6.94. The molecule has 1 heterocycles. The van der Waals surface area contributed by atoms with Crippen molar-refractivity contribution in [3.8, 4) is 0 Å². The third-order valence-corrected chi connectivity index (χ3v) is 3.99. The predicted molar refractivity (Wildman–Crippen MR) is 90.8 cm³/mol. The fourth-order valence-electron chi connectivity index (χ4n) is 1.83. The van der Waals surface area contributed by atoms with Crippen molar-refractivity contribution in [3.05, 3.63) is 51.8 Å². The molecule has 2 rings (SSSR count). The number of Topliss-reactive ketones (excluding diaryl/α,β-unsaturated/α-hetero) is 1. The number of anilines is 1. The maximum atomic E-state index is 12.1. The van der Waals surface area contributed by atoms with E-state index in [4.69, 9.17) is 27.9 Å². The van der Waals surface area contributed by atoms with E-state index in [1.165, 1.54) is 26.1 Å². The van der Waals surface area contributed by atoms with Gasteiger partial charge in [0.15, 0.2) is 11.9 Å². The van der Waals surface area contributed by atoms with Crippen molar-refractivity contribution in [1.29, 1.82) is 0 Å². The first-order chi connectivity index (χ1) is 11.3. The molecular formula is C16H14Cl2N2O4. The first-order valence-corrected chi connectivity index (χ1v) is 7.70. The Morgan fingerprint density at radius 2 is 1.96 bits per heavy atom. The third-order valence-electron chi connectivity index (χ3n) is 3.17. The second kappa shape index (κ2) is 7.51. The summed E-state index contributed by atoms with van der Waals surface area (Å²) in [5.41, 5.74) is 0.751. The Morgan fingerprint density at radius 1 is 1.25 bits per heavy atom. The van der Waals surface area contributed by atoms with Crippen molar-refractivity contribution in [1.82, 2.24) is 4.98 Å². The predicted octanol–water partition coefficient (Wildman–Crippen LogP) is 3.71. The number of benzene rings is 1. The van der Waals surface area contributed by atoms with Crippen LogP contribution in [0.4, 0.5) is 5.69 Å². The van der Waals surface area contributed by atoms with Gasteiger partial charge in [-0.3, -0.25) is 9.59 Å². The molecule has 8 heteroatoms. The van der Waals surface area contributed by atoms with E-state index < -0.39 is 18.0 Å². The zero-order valence-electron chi connectivity index (χ0n) is 12.9. The van der Waals surface area contributed by atoms with Gasteiger partial charge in [-0.05, 0) is 32.0 Å². The van der Waals surface area contributed by atoms with Gasteiger partial charge in [-0.2, -0.15) is 0 Å². The van der Waals surface area contributed by atoms with E-state index in [1.54, 1.807) is 18.2 Å². The number of ketones is 1. The molecule has 0 fully saturated rings. The van der Waals surface area contributed by atoms with Gasteiger partial charge in [0.1, 0.15) is 5.69 Å². The quantitative estimate of drug-likeness (QED) is 0.621. The highest BCUT2D eigenvalue weighted by atomic mass is 35.5. The molecular weight excluding hydrogens is 355 g/mol. The van der Waals surface area contributed by atoms with E-state index in [0.717, 1.165) is 0 Å². The van der Waals surface area contributed by atoms with Crippen molar-refractivity contribution in [2.45, 2.75) is 20.0 Å². The average Bonchev–Trinajstić information content (AvgIpc) is 3.02. The highest BCUT2D eigenvalue weighted by molar-refractivity contribution is 6.44. The van der Waals surface area contributed by atoms with Gasteiger partial charge in [-0.1, -0.05) is 29.3 Å². The number of hydrogen-bond acceptors (Lipinski definition) is 4. The fraction of sp³-hybridized carbons (Fsp3) is 0.188. The molecule has 1 amide bonds. The van der Waals surface area contributed by atoms with E-state index in [-0.39, 0.29) is 16.5 Å². The summed E-state index contributed by atoms with van der Waals surface area (Å²) in [5.74, 6) is -1.50. The Balaban J connectivity index is 2.01. The van der Waals surface area contributed by atoms with Crippen LogP contribution in [0, 0.1) is 0 Å². The molecule has 0 aliphatic heterocycles. The van der Waals surface area contributed by atoms with Crippen LogP contribution in [0.25, 0.3) is 0 Å². The van der Waals surface area contributed by atoms with Gasteiger partial charge in [0, 0.05) is 11.8 Å². The third kappa shape index (κ3) is 4.15. The lowest BCUT2D eigenvalue weighted by Crippen LogP contribution is -2.30. The fourth-order valence-corrected chi connectivity index (χ4v) is 2.18. The van der Waals surface area contributed by atoms with E-state index in [9.17, 15) is 14.4 Å². The maximum absolute atomic E-state index is 12.1. The van der Waals surface area contributed by atoms with Crippen molar-refractivity contribution in [3.63, 3.8) is 0 Å². The summed E-state index contributed by atoms with van der Waals surface area (Å²) in [6.07, 6.45) is 0.326. The minimum Gasteiger partial charge on any atom is -0.448 e. The molecule has 0 spiro atoms. The smallest absolute Gasteiger partial charge is 0.355 e. The van der Waals surface area contributed by atoms with Gasteiger partial charge in [-0.25, -0.2) is 4.79 Å². The number of amides is 1. The zero-order chi connectivity index (χ0) is 17.9. The molecule has 0 radical (unpaired) electrons. The number of ether oxygens (including phenoxy) is 1. The molecule has 126 valence electrons. The van der Waals surface area contributed by atoms with Crippen LogP contribution in [-0.2, 0) is 9.53 Å². The number of halogens is 2. The van der Waals surface area contributed by atoms with E-state index in [1.807, 2.05) is 0 Å². The largest absolute Gasteiger partial charge is 0.448 e. The number of aromatic amines is 1. The number of carbonyl (C=O) groups excluding carboxylic acids is 3. The van der Waals surface area contributed by atoms with Crippen molar-refractivity contribution >= 4 is 46.5 Å². The summed E-state index contributed by atoms with van der Waals surface area (Å²) in [6.45, 7) is 2.80. The lowest BCUT2D eigenvalue weighted by Gasteiger charge is -2.14. The van der Waals surface area contributed by atoms with Crippen LogP contribution in [0.5, 0.6) is 0 Å². The molecule has 24 heavy (non-hydrogen) atoms. The molecule has 1 aromatic heterocycles. The van der Waals surface area contributed by atoms with Crippen LogP contribution in [-0.4, -0.2) is 28.7 Å². The monoisotopic (exact) mass is 368 g/mol. The van der Waals surface area contributed by atoms with Gasteiger partial charge in [-0.15, -0.1) is 0 Å². The number of hydrogen-bond donors (Lipinski definition) is 2. The van der Waals surface area contributed by atoms with Crippen molar-refractivity contribution in [2.24, 2.45) is 0 Å². The number of aromatic nitrogens is 1. The van der Waals surface area contributed by atoms with Gasteiger partial charge in [0.2, 0.25) is 0 Å². The SMILES string of the molecule is CC(=O)c1c[nH]c(C(=O)O[C@@H](C)C(=O)Nc2cccc(Cl)c2Cl)c1. The van der Waals surface area contributed by atoms with Crippen LogP contribution < -0.4 is 5.32 Å². The molecule has 1 aromatic carbocycles. The summed E-state index contributed by atoms with van der Waals surface area (Å²) >= 11 is 11.9. The van der Waals surface area contributed by atoms with Crippen LogP contribution in [0.3, 0.4) is 0 Å². The standard InChI is InChI=1S/C16H14Cl2N2O4/c1-8(21)10-6-13(19-7-10)16(23)24-9(2)15(22)20-12-5-3-4-11(17)14(12)18/h3-7,9,19H,1-2H3,(H,20,22)/t9-/m0/s1. The molecule has 2 N–H and O–H groups in total. The van der Waals surface area contributed by atoms with Crippen LogP contribution >= 0.6 is 23.2 Å². The second-order valence-corrected chi connectivity index (χ2v) is 5.78. The number of rotatable bonds is 5. The minimum atomic E-state index is -1.07. The molecule has 2 aromatic rings. The van der Waals surface area contributed by atoms with Gasteiger partial charge >= 0.3 is 5.97 Å². The molecule has 6 nitrogen and oxygen atoms in total. The molecule has 0 aliphatic rings. The molecule has 0 unspecified atom stereocenters. The lowest BCUT2D eigenvalue weighted by atomic mass is 10.2.